The Balaban J connectivity index is 1.47. The average Bonchev–Trinajstić information content (AvgIpc) is 3.08. The summed E-state index contributed by atoms with van der Waals surface area (Å²) in [5, 5.41) is 0.765. The minimum absolute atomic E-state index is 0.0728. The minimum atomic E-state index is -0.692. The summed E-state index contributed by atoms with van der Waals surface area (Å²) in [5.41, 5.74) is 1.57. The van der Waals surface area contributed by atoms with Crippen LogP contribution in [0.1, 0.15) is 33.4 Å². The van der Waals surface area contributed by atoms with E-state index >= 15 is 0 Å². The second-order valence-electron chi connectivity index (χ2n) is 6.50. The third-order valence-corrected chi connectivity index (χ3v) is 4.60. The highest BCUT2D eigenvalue weighted by molar-refractivity contribution is 6.01. The fraction of sp³-hybridized carbons (Fsp3) is 0.273. The molecule has 0 saturated heterocycles. The number of furan rings is 1. The topological polar surface area (TPSA) is 84.2 Å². The first kappa shape index (κ1) is 18.9. The van der Waals surface area contributed by atoms with Crippen LogP contribution in [0.5, 0.6) is 17.2 Å². The van der Waals surface area contributed by atoms with Gasteiger partial charge in [0.05, 0.1) is 6.61 Å². The molecule has 2 aromatic carbocycles. The predicted octanol–water partition coefficient (Wildman–Crippen LogP) is 3.95. The summed E-state index contributed by atoms with van der Waals surface area (Å²) in [6, 6.07) is 10.2. The number of aryl methyl sites for hydroxylation is 1. The molecule has 7 heteroatoms. The van der Waals surface area contributed by atoms with E-state index in [9.17, 15) is 9.59 Å². The molecule has 0 spiro atoms. The first-order valence-electron chi connectivity index (χ1n) is 9.32. The third-order valence-electron chi connectivity index (χ3n) is 4.60. The Hall–Kier alpha value is -3.48. The fourth-order valence-corrected chi connectivity index (χ4v) is 3.15. The summed E-state index contributed by atoms with van der Waals surface area (Å²) in [7, 11) is 0. The molecule has 0 fully saturated rings. The molecule has 1 aliphatic heterocycles. The normalized spacial score (nSPS) is 12.6. The SMILES string of the molecule is CCOc1ccc2oc(C(=O)OCC(=O)c3ccc4c(c3)OCCO4)c(C)c2c1. The van der Waals surface area contributed by atoms with Crippen LogP contribution in [0.2, 0.25) is 0 Å². The monoisotopic (exact) mass is 396 g/mol. The summed E-state index contributed by atoms with van der Waals surface area (Å²) in [5.74, 6) is 0.826. The number of Topliss-reactive ketones (excluding diaryl/α,β-unsaturated/α-hetero) is 1. The van der Waals surface area contributed by atoms with E-state index in [1.54, 1.807) is 37.3 Å². The number of rotatable bonds is 6. The van der Waals surface area contributed by atoms with Crippen LogP contribution in [-0.4, -0.2) is 38.2 Å². The minimum Gasteiger partial charge on any atom is -0.494 e. The van der Waals surface area contributed by atoms with E-state index in [0.29, 0.717) is 53.8 Å². The van der Waals surface area contributed by atoms with Crippen molar-refractivity contribution in [2.24, 2.45) is 0 Å². The highest BCUT2D eigenvalue weighted by Crippen LogP contribution is 2.31. The van der Waals surface area contributed by atoms with E-state index in [2.05, 4.69) is 0 Å². The summed E-state index contributed by atoms with van der Waals surface area (Å²) in [6.45, 7) is 4.70. The van der Waals surface area contributed by atoms with Gasteiger partial charge >= 0.3 is 5.97 Å². The molecule has 1 aromatic heterocycles. The summed E-state index contributed by atoms with van der Waals surface area (Å²) >= 11 is 0. The van der Waals surface area contributed by atoms with Crippen LogP contribution in [0.4, 0.5) is 0 Å². The van der Waals surface area contributed by atoms with Crippen molar-refractivity contribution in [2.75, 3.05) is 26.4 Å². The number of ether oxygens (including phenoxy) is 4. The van der Waals surface area contributed by atoms with Gasteiger partial charge in [-0.1, -0.05) is 0 Å². The van der Waals surface area contributed by atoms with Gasteiger partial charge in [-0.2, -0.15) is 0 Å². The molecule has 2 heterocycles. The van der Waals surface area contributed by atoms with E-state index in [4.69, 9.17) is 23.4 Å². The summed E-state index contributed by atoms with van der Waals surface area (Å²) < 4.78 is 27.2. The molecule has 0 amide bonds. The van der Waals surface area contributed by atoms with Crippen molar-refractivity contribution >= 4 is 22.7 Å². The molecule has 1 aliphatic rings. The van der Waals surface area contributed by atoms with Crippen molar-refractivity contribution in [3.8, 4) is 17.2 Å². The lowest BCUT2D eigenvalue weighted by molar-refractivity contribution is 0.0445. The Bertz CT molecular complexity index is 1080. The maximum Gasteiger partial charge on any atom is 0.375 e. The number of hydrogen-bond acceptors (Lipinski definition) is 7. The lowest BCUT2D eigenvalue weighted by Gasteiger charge is -2.18. The Morgan fingerprint density at radius 2 is 1.83 bits per heavy atom. The van der Waals surface area contributed by atoms with Crippen molar-refractivity contribution in [1.82, 2.24) is 0 Å². The van der Waals surface area contributed by atoms with Crippen LogP contribution in [-0.2, 0) is 4.74 Å². The second kappa shape index (κ2) is 7.87. The smallest absolute Gasteiger partial charge is 0.375 e. The maximum atomic E-state index is 12.5. The molecule has 0 N–H and O–H groups in total. The van der Waals surface area contributed by atoms with Crippen LogP contribution in [0.25, 0.3) is 11.0 Å². The van der Waals surface area contributed by atoms with Crippen molar-refractivity contribution < 1.29 is 33.0 Å². The number of esters is 1. The molecule has 4 rings (SSSR count). The van der Waals surface area contributed by atoms with Gasteiger partial charge in [0.2, 0.25) is 5.76 Å². The highest BCUT2D eigenvalue weighted by Gasteiger charge is 2.21. The molecule has 150 valence electrons. The molecule has 7 nitrogen and oxygen atoms in total. The summed E-state index contributed by atoms with van der Waals surface area (Å²) in [4.78, 5) is 24.9. The number of carbonyl (C=O) groups excluding carboxylic acids is 2. The van der Waals surface area contributed by atoms with Crippen LogP contribution >= 0.6 is 0 Å². The first-order chi connectivity index (χ1) is 14.1. The molecule has 0 atom stereocenters. The fourth-order valence-electron chi connectivity index (χ4n) is 3.15. The van der Waals surface area contributed by atoms with Crippen LogP contribution < -0.4 is 14.2 Å². The molecule has 0 unspecified atom stereocenters. The van der Waals surface area contributed by atoms with Gasteiger partial charge in [0.25, 0.3) is 0 Å². The van der Waals surface area contributed by atoms with E-state index in [0.717, 1.165) is 5.39 Å². The molecule has 0 saturated carbocycles. The number of fused-ring (bicyclic) bond motifs is 2. The Morgan fingerprint density at radius 1 is 1.03 bits per heavy atom. The van der Waals surface area contributed by atoms with Crippen LogP contribution in [0, 0.1) is 6.92 Å². The zero-order valence-corrected chi connectivity index (χ0v) is 16.2. The number of carbonyl (C=O) groups is 2. The van der Waals surface area contributed by atoms with E-state index < -0.39 is 12.6 Å². The number of benzene rings is 2. The van der Waals surface area contributed by atoms with Crippen molar-refractivity contribution in [2.45, 2.75) is 13.8 Å². The molecule has 29 heavy (non-hydrogen) atoms. The van der Waals surface area contributed by atoms with Gasteiger partial charge < -0.3 is 23.4 Å². The van der Waals surface area contributed by atoms with E-state index in [1.807, 2.05) is 13.0 Å². The molecule has 0 radical (unpaired) electrons. The van der Waals surface area contributed by atoms with Gasteiger partial charge in [-0.15, -0.1) is 0 Å². The van der Waals surface area contributed by atoms with Gasteiger partial charge in [-0.3, -0.25) is 4.79 Å². The third kappa shape index (κ3) is 3.76. The number of ketones is 1. The zero-order valence-electron chi connectivity index (χ0n) is 16.2. The molecular formula is C22H20O7. The molecular weight excluding hydrogens is 376 g/mol. The molecule has 0 bridgehead atoms. The zero-order chi connectivity index (χ0) is 20.4. The first-order valence-corrected chi connectivity index (χ1v) is 9.32. The van der Waals surface area contributed by atoms with E-state index in [1.165, 1.54) is 0 Å². The van der Waals surface area contributed by atoms with Crippen molar-refractivity contribution in [3.05, 3.63) is 53.3 Å². The van der Waals surface area contributed by atoms with E-state index in [-0.39, 0.29) is 11.5 Å². The van der Waals surface area contributed by atoms with Crippen molar-refractivity contribution in [3.63, 3.8) is 0 Å². The van der Waals surface area contributed by atoms with Gasteiger partial charge in [-0.05, 0) is 50.2 Å². The van der Waals surface area contributed by atoms with Gasteiger partial charge in [0.15, 0.2) is 23.9 Å². The number of hydrogen-bond donors (Lipinski definition) is 0. The van der Waals surface area contributed by atoms with Gasteiger partial charge in [0, 0.05) is 16.5 Å². The largest absolute Gasteiger partial charge is 0.494 e. The van der Waals surface area contributed by atoms with Gasteiger partial charge in [-0.25, -0.2) is 4.79 Å². The predicted molar refractivity (Wildman–Crippen MR) is 104 cm³/mol. The van der Waals surface area contributed by atoms with Crippen LogP contribution in [0.3, 0.4) is 0 Å². The second-order valence-corrected chi connectivity index (χ2v) is 6.50. The van der Waals surface area contributed by atoms with Crippen LogP contribution in [0.15, 0.2) is 40.8 Å². The standard InChI is InChI=1S/C22H20O7/c1-3-25-15-5-7-18-16(11-15)13(2)21(29-18)22(24)28-12-17(23)14-4-6-19-20(10-14)27-9-8-26-19/h4-7,10-11H,3,8-9,12H2,1-2H3. The quantitative estimate of drug-likeness (QED) is 0.461. The Morgan fingerprint density at radius 3 is 2.62 bits per heavy atom. The molecule has 0 aliphatic carbocycles. The average molecular weight is 396 g/mol. The maximum absolute atomic E-state index is 12.5. The highest BCUT2D eigenvalue weighted by atomic mass is 16.6. The van der Waals surface area contributed by atoms with Crippen molar-refractivity contribution in [1.29, 1.82) is 0 Å². The lowest BCUT2D eigenvalue weighted by Crippen LogP contribution is -2.17. The Kier molecular flexibility index (Phi) is 5.12. The summed E-state index contributed by atoms with van der Waals surface area (Å²) in [6.07, 6.45) is 0. The van der Waals surface area contributed by atoms with Gasteiger partial charge in [0.1, 0.15) is 24.5 Å². The Labute approximate surface area is 167 Å². The lowest BCUT2D eigenvalue weighted by atomic mass is 10.1. The molecule has 3 aromatic rings.